The minimum absolute atomic E-state index is 0.358. The zero-order chi connectivity index (χ0) is 12.4. The fraction of sp³-hybridized carbons (Fsp3) is 0.0833. The third-order valence-electron chi connectivity index (χ3n) is 2.05. The van der Waals surface area contributed by atoms with Gasteiger partial charge in [-0.05, 0) is 41.1 Å². The van der Waals surface area contributed by atoms with E-state index in [4.69, 9.17) is 4.74 Å². The van der Waals surface area contributed by atoms with Crippen LogP contribution in [0.3, 0.4) is 0 Å². The maximum absolute atomic E-state index is 13.1. The molecule has 1 aromatic heterocycles. The average molecular weight is 361 g/mol. The van der Waals surface area contributed by atoms with Gasteiger partial charge in [0.25, 0.3) is 0 Å². The van der Waals surface area contributed by atoms with E-state index < -0.39 is 0 Å². The van der Waals surface area contributed by atoms with E-state index in [-0.39, 0.29) is 5.82 Å². The van der Waals surface area contributed by atoms with E-state index in [0.717, 1.165) is 10.2 Å². The first kappa shape index (κ1) is 12.5. The molecule has 2 nitrogen and oxygen atoms in total. The lowest BCUT2D eigenvalue weighted by molar-refractivity contribution is 0.456. The van der Waals surface area contributed by atoms with Crippen molar-refractivity contribution >= 4 is 31.9 Å². The van der Waals surface area contributed by atoms with Crippen molar-refractivity contribution in [1.29, 1.82) is 0 Å². The zero-order valence-electron chi connectivity index (χ0n) is 8.88. The second-order valence-corrected chi connectivity index (χ2v) is 5.19. The fourth-order valence-electron chi connectivity index (χ4n) is 1.29. The number of aromatic nitrogens is 1. The largest absolute Gasteiger partial charge is 0.439 e. The molecule has 0 N–H and O–H groups in total. The molecule has 0 amide bonds. The van der Waals surface area contributed by atoms with Crippen molar-refractivity contribution in [3.63, 3.8) is 0 Å². The maximum atomic E-state index is 13.1. The molecule has 0 radical (unpaired) electrons. The molecular formula is C12H8Br2FNO. The van der Waals surface area contributed by atoms with Gasteiger partial charge in [0.1, 0.15) is 11.6 Å². The molecular weight excluding hydrogens is 353 g/mol. The third kappa shape index (κ3) is 3.26. The molecule has 0 aliphatic carbocycles. The van der Waals surface area contributed by atoms with Gasteiger partial charge in [0.05, 0.1) is 5.69 Å². The summed E-state index contributed by atoms with van der Waals surface area (Å²) in [5, 5.41) is 0. The van der Waals surface area contributed by atoms with Crippen LogP contribution in [0, 0.1) is 12.7 Å². The van der Waals surface area contributed by atoms with Crippen molar-refractivity contribution in [1.82, 2.24) is 4.98 Å². The molecule has 2 rings (SSSR count). The second-order valence-electron chi connectivity index (χ2n) is 3.42. The molecule has 0 saturated heterocycles. The van der Waals surface area contributed by atoms with Gasteiger partial charge in [0.15, 0.2) is 0 Å². The smallest absolute Gasteiger partial charge is 0.219 e. The van der Waals surface area contributed by atoms with Crippen LogP contribution in [0.4, 0.5) is 4.39 Å². The number of pyridine rings is 1. The number of nitrogens with zero attached hydrogens (tertiary/aromatic N) is 1. The van der Waals surface area contributed by atoms with Crippen LogP contribution in [-0.2, 0) is 0 Å². The van der Waals surface area contributed by atoms with Crippen molar-refractivity contribution < 1.29 is 9.13 Å². The summed E-state index contributed by atoms with van der Waals surface area (Å²) in [6.07, 6.45) is 0. The highest BCUT2D eigenvalue weighted by molar-refractivity contribution is 9.10. The van der Waals surface area contributed by atoms with Crippen LogP contribution in [0.5, 0.6) is 11.6 Å². The van der Waals surface area contributed by atoms with Crippen LogP contribution in [-0.4, -0.2) is 4.98 Å². The highest BCUT2D eigenvalue weighted by atomic mass is 79.9. The Morgan fingerprint density at radius 3 is 2.59 bits per heavy atom. The van der Waals surface area contributed by atoms with Crippen molar-refractivity contribution in [2.24, 2.45) is 0 Å². The summed E-state index contributed by atoms with van der Waals surface area (Å²) in [5.41, 5.74) is 0.818. The fourth-order valence-corrected chi connectivity index (χ4v) is 1.95. The summed E-state index contributed by atoms with van der Waals surface area (Å²) in [6, 6.07) is 7.92. The van der Waals surface area contributed by atoms with Crippen LogP contribution < -0.4 is 4.74 Å². The number of ether oxygens (including phenoxy) is 1. The van der Waals surface area contributed by atoms with Gasteiger partial charge in [0.2, 0.25) is 5.88 Å². The number of rotatable bonds is 2. The molecule has 0 saturated carbocycles. The van der Waals surface area contributed by atoms with E-state index in [9.17, 15) is 4.39 Å². The van der Waals surface area contributed by atoms with E-state index in [1.165, 1.54) is 12.1 Å². The summed E-state index contributed by atoms with van der Waals surface area (Å²) in [5.74, 6) is 0.484. The van der Waals surface area contributed by atoms with Crippen molar-refractivity contribution in [3.8, 4) is 11.6 Å². The van der Waals surface area contributed by atoms with Gasteiger partial charge in [0, 0.05) is 21.1 Å². The molecule has 0 unspecified atom stereocenters. The zero-order valence-corrected chi connectivity index (χ0v) is 12.0. The molecule has 88 valence electrons. The lowest BCUT2D eigenvalue weighted by Crippen LogP contribution is -1.91. The monoisotopic (exact) mass is 359 g/mol. The maximum Gasteiger partial charge on any atom is 0.219 e. The standard InChI is InChI=1S/C12H8Br2FNO/c1-7-11(14)2-3-12(16-7)17-10-5-8(13)4-9(15)6-10/h2-6H,1H3. The Morgan fingerprint density at radius 2 is 1.94 bits per heavy atom. The summed E-state index contributed by atoms with van der Waals surface area (Å²) < 4.78 is 20.1. The molecule has 0 bridgehead atoms. The minimum Gasteiger partial charge on any atom is -0.439 e. The number of halogens is 3. The van der Waals surface area contributed by atoms with Gasteiger partial charge in [-0.2, -0.15) is 0 Å². The van der Waals surface area contributed by atoms with E-state index in [1.807, 2.05) is 13.0 Å². The predicted molar refractivity (Wildman–Crippen MR) is 70.8 cm³/mol. The third-order valence-corrected chi connectivity index (χ3v) is 3.35. The van der Waals surface area contributed by atoms with Crippen LogP contribution in [0.1, 0.15) is 5.69 Å². The first-order valence-electron chi connectivity index (χ1n) is 4.82. The van der Waals surface area contributed by atoms with E-state index in [0.29, 0.717) is 16.1 Å². The van der Waals surface area contributed by atoms with Gasteiger partial charge in [-0.15, -0.1) is 0 Å². The predicted octanol–water partition coefficient (Wildman–Crippen LogP) is 4.85. The first-order valence-corrected chi connectivity index (χ1v) is 6.40. The molecule has 0 spiro atoms. The topological polar surface area (TPSA) is 22.1 Å². The van der Waals surface area contributed by atoms with Gasteiger partial charge < -0.3 is 4.74 Å². The minimum atomic E-state index is -0.358. The van der Waals surface area contributed by atoms with Gasteiger partial charge >= 0.3 is 0 Å². The van der Waals surface area contributed by atoms with Crippen LogP contribution in [0.25, 0.3) is 0 Å². The molecule has 2 aromatic rings. The summed E-state index contributed by atoms with van der Waals surface area (Å²) in [6.45, 7) is 1.86. The Labute approximate surface area is 115 Å². The van der Waals surface area contributed by atoms with Gasteiger partial charge in [-0.25, -0.2) is 9.37 Å². The molecule has 5 heteroatoms. The van der Waals surface area contributed by atoms with Crippen LogP contribution in [0.15, 0.2) is 39.3 Å². The lowest BCUT2D eigenvalue weighted by atomic mass is 10.3. The Balaban J connectivity index is 2.28. The van der Waals surface area contributed by atoms with E-state index >= 15 is 0 Å². The number of benzene rings is 1. The second kappa shape index (κ2) is 5.14. The highest BCUT2D eigenvalue weighted by Crippen LogP contribution is 2.26. The van der Waals surface area contributed by atoms with Crippen molar-refractivity contribution in [2.75, 3.05) is 0 Å². The van der Waals surface area contributed by atoms with Crippen molar-refractivity contribution in [3.05, 3.63) is 50.8 Å². The van der Waals surface area contributed by atoms with Gasteiger partial charge in [-0.1, -0.05) is 15.9 Å². The number of aryl methyl sites for hydroxylation is 1. The summed E-state index contributed by atoms with van der Waals surface area (Å²) >= 11 is 6.56. The van der Waals surface area contributed by atoms with Crippen molar-refractivity contribution in [2.45, 2.75) is 6.92 Å². The quantitative estimate of drug-likeness (QED) is 0.763. The van der Waals surface area contributed by atoms with E-state index in [2.05, 4.69) is 36.8 Å². The normalized spacial score (nSPS) is 10.4. The highest BCUT2D eigenvalue weighted by Gasteiger charge is 2.04. The Hall–Kier alpha value is -0.940. The first-order chi connectivity index (χ1) is 8.04. The van der Waals surface area contributed by atoms with Gasteiger partial charge in [-0.3, -0.25) is 0 Å². The van der Waals surface area contributed by atoms with Crippen LogP contribution in [0.2, 0.25) is 0 Å². The summed E-state index contributed by atoms with van der Waals surface area (Å²) in [7, 11) is 0. The molecule has 0 fully saturated rings. The molecule has 1 aromatic carbocycles. The Bertz CT molecular complexity index is 540. The lowest BCUT2D eigenvalue weighted by Gasteiger charge is -2.06. The molecule has 0 atom stereocenters. The Kier molecular flexibility index (Phi) is 3.79. The molecule has 1 heterocycles. The Morgan fingerprint density at radius 1 is 1.18 bits per heavy atom. The molecule has 17 heavy (non-hydrogen) atoms. The summed E-state index contributed by atoms with van der Waals surface area (Å²) in [4.78, 5) is 4.22. The SMILES string of the molecule is Cc1nc(Oc2cc(F)cc(Br)c2)ccc1Br. The average Bonchev–Trinajstić information content (AvgIpc) is 2.22. The number of hydrogen-bond donors (Lipinski definition) is 0. The molecule has 0 aliphatic heterocycles. The van der Waals surface area contributed by atoms with Crippen LogP contribution >= 0.6 is 31.9 Å². The van der Waals surface area contributed by atoms with E-state index in [1.54, 1.807) is 12.1 Å². The number of hydrogen-bond acceptors (Lipinski definition) is 2. The molecule has 0 aliphatic rings.